The van der Waals surface area contributed by atoms with E-state index in [1.807, 2.05) is 31.2 Å². The highest BCUT2D eigenvalue weighted by molar-refractivity contribution is 5.41. The van der Waals surface area contributed by atoms with E-state index in [-0.39, 0.29) is 0 Å². The molecule has 1 rings (SSSR count). The minimum atomic E-state index is 0.515. The fourth-order valence-electron chi connectivity index (χ4n) is 1.44. The van der Waals surface area contributed by atoms with Crippen LogP contribution < -0.4 is 15.2 Å². The fourth-order valence-corrected chi connectivity index (χ4v) is 1.44. The van der Waals surface area contributed by atoms with Crippen molar-refractivity contribution in [1.82, 2.24) is 0 Å². The summed E-state index contributed by atoms with van der Waals surface area (Å²) >= 11 is 0. The van der Waals surface area contributed by atoms with Crippen LogP contribution in [0.1, 0.15) is 12.5 Å². The van der Waals surface area contributed by atoms with Crippen molar-refractivity contribution >= 4 is 0 Å². The van der Waals surface area contributed by atoms with Gasteiger partial charge in [0.2, 0.25) is 0 Å². The van der Waals surface area contributed by atoms with Gasteiger partial charge in [0.25, 0.3) is 0 Å². The first kappa shape index (κ1) is 12.6. The second-order valence-electron chi connectivity index (χ2n) is 3.33. The molecule has 0 fully saturated rings. The summed E-state index contributed by atoms with van der Waals surface area (Å²) in [5, 5.41) is 0. The molecule has 0 amide bonds. The van der Waals surface area contributed by atoms with Crippen molar-refractivity contribution < 1.29 is 9.47 Å². The average Bonchev–Trinajstić information content (AvgIpc) is 2.29. The highest BCUT2D eigenvalue weighted by Gasteiger charge is 2.04. The number of hydrogen-bond acceptors (Lipinski definition) is 3. The van der Waals surface area contributed by atoms with E-state index in [1.54, 1.807) is 0 Å². The Hall–Kier alpha value is -1.48. The lowest BCUT2D eigenvalue weighted by molar-refractivity contribution is 0.320. The summed E-state index contributed by atoms with van der Waals surface area (Å²) in [7, 11) is 0. The molecule has 0 aliphatic heterocycles. The van der Waals surface area contributed by atoms with Crippen LogP contribution in [0.25, 0.3) is 0 Å². The third-order valence-corrected chi connectivity index (χ3v) is 2.08. The molecular formula is C13H19NO2. The topological polar surface area (TPSA) is 44.5 Å². The summed E-state index contributed by atoms with van der Waals surface area (Å²) < 4.78 is 11.0. The van der Waals surface area contributed by atoms with E-state index in [2.05, 4.69) is 6.58 Å². The summed E-state index contributed by atoms with van der Waals surface area (Å²) in [4.78, 5) is 0. The second-order valence-corrected chi connectivity index (χ2v) is 3.33. The zero-order chi connectivity index (χ0) is 11.8. The van der Waals surface area contributed by atoms with E-state index in [4.69, 9.17) is 15.2 Å². The van der Waals surface area contributed by atoms with Crippen LogP contribution in [0.3, 0.4) is 0 Å². The van der Waals surface area contributed by atoms with E-state index in [0.717, 1.165) is 23.5 Å². The number of hydrogen-bond donors (Lipinski definition) is 1. The van der Waals surface area contributed by atoms with Crippen LogP contribution in [-0.2, 0) is 6.42 Å². The Kier molecular flexibility index (Phi) is 5.43. The molecule has 0 radical (unpaired) electrons. The predicted octanol–water partition coefficient (Wildman–Crippen LogP) is 2.15. The van der Waals surface area contributed by atoms with Gasteiger partial charge in [0.1, 0.15) is 18.1 Å². The molecule has 0 atom stereocenters. The Bertz CT molecular complexity index is 337. The summed E-state index contributed by atoms with van der Waals surface area (Å²) in [6.45, 7) is 7.40. The monoisotopic (exact) mass is 221 g/mol. The van der Waals surface area contributed by atoms with E-state index in [0.29, 0.717) is 19.8 Å². The van der Waals surface area contributed by atoms with Gasteiger partial charge in [-0.15, -0.1) is 6.58 Å². The van der Waals surface area contributed by atoms with Crippen molar-refractivity contribution in [3.05, 3.63) is 36.4 Å². The maximum atomic E-state index is 5.54. The van der Waals surface area contributed by atoms with Gasteiger partial charge in [-0.25, -0.2) is 0 Å². The van der Waals surface area contributed by atoms with Crippen LogP contribution in [0.15, 0.2) is 30.9 Å². The lowest BCUT2D eigenvalue weighted by Gasteiger charge is -2.11. The van der Waals surface area contributed by atoms with Crippen LogP contribution in [0, 0.1) is 0 Å². The fraction of sp³-hybridized carbons (Fsp3) is 0.385. The normalized spacial score (nSPS) is 9.88. The van der Waals surface area contributed by atoms with Crippen molar-refractivity contribution in [3.63, 3.8) is 0 Å². The van der Waals surface area contributed by atoms with Gasteiger partial charge in [-0.2, -0.15) is 0 Å². The molecule has 0 aromatic heterocycles. The lowest BCUT2D eigenvalue weighted by Crippen LogP contribution is -2.11. The van der Waals surface area contributed by atoms with Crippen LogP contribution in [0.5, 0.6) is 11.5 Å². The largest absolute Gasteiger partial charge is 0.494 e. The Labute approximate surface area is 96.9 Å². The third kappa shape index (κ3) is 3.59. The molecule has 0 heterocycles. The number of rotatable bonds is 7. The zero-order valence-electron chi connectivity index (χ0n) is 9.74. The molecule has 3 heteroatoms. The third-order valence-electron chi connectivity index (χ3n) is 2.08. The molecule has 0 aliphatic carbocycles. The number of ether oxygens (including phenoxy) is 2. The van der Waals surface area contributed by atoms with Gasteiger partial charge in [0.05, 0.1) is 6.61 Å². The van der Waals surface area contributed by atoms with Crippen molar-refractivity contribution in [2.45, 2.75) is 13.3 Å². The van der Waals surface area contributed by atoms with Crippen molar-refractivity contribution in [2.24, 2.45) is 5.73 Å². The maximum Gasteiger partial charge on any atom is 0.123 e. The number of nitrogens with two attached hydrogens (primary N) is 1. The smallest absolute Gasteiger partial charge is 0.123 e. The van der Waals surface area contributed by atoms with E-state index in [1.165, 1.54) is 0 Å². The second kappa shape index (κ2) is 6.90. The predicted molar refractivity (Wildman–Crippen MR) is 66.1 cm³/mol. The Balaban J connectivity index is 2.84. The molecule has 2 N–H and O–H groups in total. The van der Waals surface area contributed by atoms with Gasteiger partial charge >= 0.3 is 0 Å². The molecule has 0 bridgehead atoms. The molecule has 0 unspecified atom stereocenters. The quantitative estimate of drug-likeness (QED) is 0.717. The van der Waals surface area contributed by atoms with Crippen LogP contribution in [-0.4, -0.2) is 19.8 Å². The van der Waals surface area contributed by atoms with Crippen LogP contribution in [0.4, 0.5) is 0 Å². The first-order valence-corrected chi connectivity index (χ1v) is 5.51. The molecule has 1 aromatic carbocycles. The van der Waals surface area contributed by atoms with Gasteiger partial charge < -0.3 is 15.2 Å². The lowest BCUT2D eigenvalue weighted by atomic mass is 10.1. The van der Waals surface area contributed by atoms with Gasteiger partial charge in [0, 0.05) is 12.1 Å². The Morgan fingerprint density at radius 3 is 2.81 bits per heavy atom. The first-order valence-electron chi connectivity index (χ1n) is 5.51. The molecule has 16 heavy (non-hydrogen) atoms. The minimum Gasteiger partial charge on any atom is -0.494 e. The maximum absolute atomic E-state index is 5.54. The molecule has 3 nitrogen and oxygen atoms in total. The minimum absolute atomic E-state index is 0.515. The standard InChI is InChI=1S/C13H19NO2/c1-3-5-11-10-12(15-4-2)6-7-13(11)16-9-8-14/h3,6-7,10H,1,4-5,8-9,14H2,2H3. The van der Waals surface area contributed by atoms with E-state index >= 15 is 0 Å². The summed E-state index contributed by atoms with van der Waals surface area (Å²) in [6, 6.07) is 5.80. The molecule has 88 valence electrons. The first-order chi connectivity index (χ1) is 7.81. The molecule has 1 aromatic rings. The molecule has 0 saturated heterocycles. The van der Waals surface area contributed by atoms with Gasteiger partial charge in [-0.3, -0.25) is 0 Å². The summed E-state index contributed by atoms with van der Waals surface area (Å²) in [5.74, 6) is 1.72. The average molecular weight is 221 g/mol. The van der Waals surface area contributed by atoms with Gasteiger partial charge in [-0.1, -0.05) is 6.08 Å². The zero-order valence-corrected chi connectivity index (χ0v) is 9.74. The van der Waals surface area contributed by atoms with Gasteiger partial charge in [0.15, 0.2) is 0 Å². The van der Waals surface area contributed by atoms with Crippen molar-refractivity contribution in [3.8, 4) is 11.5 Å². The van der Waals surface area contributed by atoms with Crippen molar-refractivity contribution in [2.75, 3.05) is 19.8 Å². The SMILES string of the molecule is C=CCc1cc(OCC)ccc1OCCN. The van der Waals surface area contributed by atoms with Crippen molar-refractivity contribution in [1.29, 1.82) is 0 Å². The highest BCUT2D eigenvalue weighted by atomic mass is 16.5. The molecule has 0 aliphatic rings. The van der Waals surface area contributed by atoms with Crippen LogP contribution >= 0.6 is 0 Å². The van der Waals surface area contributed by atoms with E-state index < -0.39 is 0 Å². The molecular weight excluding hydrogens is 202 g/mol. The summed E-state index contributed by atoms with van der Waals surface area (Å²) in [6.07, 6.45) is 2.61. The molecule has 0 spiro atoms. The highest BCUT2D eigenvalue weighted by Crippen LogP contribution is 2.25. The Morgan fingerprint density at radius 2 is 2.19 bits per heavy atom. The van der Waals surface area contributed by atoms with Crippen LogP contribution in [0.2, 0.25) is 0 Å². The summed E-state index contributed by atoms with van der Waals surface area (Å²) in [5.41, 5.74) is 6.49. The number of allylic oxidation sites excluding steroid dienone is 1. The van der Waals surface area contributed by atoms with Gasteiger partial charge in [-0.05, 0) is 31.5 Å². The Morgan fingerprint density at radius 1 is 1.38 bits per heavy atom. The molecule has 0 saturated carbocycles. The number of benzene rings is 1. The van der Waals surface area contributed by atoms with E-state index in [9.17, 15) is 0 Å².